The van der Waals surface area contributed by atoms with Crippen LogP contribution in [0.2, 0.25) is 0 Å². The van der Waals surface area contributed by atoms with E-state index in [0.717, 1.165) is 18.9 Å². The Hall–Kier alpha value is -1.06. The summed E-state index contributed by atoms with van der Waals surface area (Å²) in [5.74, 6) is 1.47. The lowest BCUT2D eigenvalue weighted by atomic mass is 10.1. The molecule has 1 heterocycles. The second-order valence-corrected chi connectivity index (χ2v) is 5.00. The molecule has 0 spiro atoms. The largest absolute Gasteiger partial charge is 0.494 e. The number of rotatable bonds is 3. The molecule has 2 rings (SSSR count). The zero-order chi connectivity index (χ0) is 13.0. The molecule has 18 heavy (non-hydrogen) atoms. The van der Waals surface area contributed by atoms with Crippen LogP contribution in [0.5, 0.6) is 5.75 Å². The van der Waals surface area contributed by atoms with Gasteiger partial charge in [-0.05, 0) is 37.5 Å². The molecule has 3 heteroatoms. The van der Waals surface area contributed by atoms with Gasteiger partial charge in [0.1, 0.15) is 5.75 Å². The van der Waals surface area contributed by atoms with Gasteiger partial charge in [-0.2, -0.15) is 0 Å². The fourth-order valence-electron chi connectivity index (χ4n) is 2.12. The van der Waals surface area contributed by atoms with Crippen molar-refractivity contribution in [1.82, 2.24) is 5.32 Å². The Bertz CT molecular complexity index is 351. The van der Waals surface area contributed by atoms with E-state index in [1.165, 1.54) is 5.56 Å². The van der Waals surface area contributed by atoms with Crippen LogP contribution in [0.3, 0.4) is 0 Å². The second kappa shape index (κ2) is 6.21. The molecule has 0 radical (unpaired) electrons. The maximum atomic E-state index is 5.97. The van der Waals surface area contributed by atoms with Gasteiger partial charge in [0.15, 0.2) is 0 Å². The molecule has 1 fully saturated rings. The van der Waals surface area contributed by atoms with Gasteiger partial charge in [0.2, 0.25) is 0 Å². The van der Waals surface area contributed by atoms with E-state index in [-0.39, 0.29) is 6.10 Å². The maximum absolute atomic E-state index is 5.97. The zero-order valence-electron chi connectivity index (χ0n) is 11.5. The third-order valence-corrected chi connectivity index (χ3v) is 3.60. The molecular formula is C15H23NO2. The molecule has 0 aliphatic carbocycles. The Kier molecular flexibility index (Phi) is 4.61. The smallest absolute Gasteiger partial charge is 0.119 e. The molecule has 3 atom stereocenters. The van der Waals surface area contributed by atoms with Crippen LogP contribution >= 0.6 is 0 Å². The van der Waals surface area contributed by atoms with Gasteiger partial charge in [-0.25, -0.2) is 0 Å². The van der Waals surface area contributed by atoms with Crippen molar-refractivity contribution >= 4 is 0 Å². The highest BCUT2D eigenvalue weighted by Crippen LogP contribution is 2.23. The first-order valence-corrected chi connectivity index (χ1v) is 6.78. The van der Waals surface area contributed by atoms with Crippen LogP contribution < -0.4 is 10.1 Å². The average molecular weight is 249 g/mol. The van der Waals surface area contributed by atoms with Gasteiger partial charge >= 0.3 is 0 Å². The number of nitrogens with one attached hydrogen (secondary N) is 1. The molecule has 1 aromatic rings. The number of hydrogen-bond donors (Lipinski definition) is 1. The lowest BCUT2D eigenvalue weighted by Crippen LogP contribution is -2.32. The summed E-state index contributed by atoms with van der Waals surface area (Å²) in [4.78, 5) is 0. The third kappa shape index (κ3) is 3.24. The van der Waals surface area contributed by atoms with Gasteiger partial charge in [-0.15, -0.1) is 0 Å². The van der Waals surface area contributed by atoms with Crippen LogP contribution in [0.4, 0.5) is 0 Å². The molecule has 0 saturated carbocycles. The molecule has 3 unspecified atom stereocenters. The van der Waals surface area contributed by atoms with Crippen LogP contribution in [0.15, 0.2) is 24.3 Å². The van der Waals surface area contributed by atoms with E-state index in [2.05, 4.69) is 31.3 Å². The molecule has 1 N–H and O–H groups in total. The van der Waals surface area contributed by atoms with Crippen LogP contribution in [0.25, 0.3) is 0 Å². The molecule has 3 nitrogen and oxygen atoms in total. The van der Waals surface area contributed by atoms with Crippen molar-refractivity contribution in [2.45, 2.75) is 32.9 Å². The Balaban J connectivity index is 2.02. The first-order valence-electron chi connectivity index (χ1n) is 6.78. The summed E-state index contributed by atoms with van der Waals surface area (Å²) in [6.07, 6.45) is 0.146. The van der Waals surface area contributed by atoms with Crippen LogP contribution in [-0.2, 0) is 4.74 Å². The van der Waals surface area contributed by atoms with E-state index in [0.29, 0.717) is 18.6 Å². The summed E-state index contributed by atoms with van der Waals surface area (Å²) in [5.41, 5.74) is 1.22. The van der Waals surface area contributed by atoms with Crippen LogP contribution in [0, 0.1) is 5.92 Å². The standard InChI is InChI=1S/C15H23NO2/c1-4-17-14-7-5-13(6-8-14)15-9-16-12(3)11(2)10-18-15/h5-8,11-12,15-16H,4,9-10H2,1-3H3. The highest BCUT2D eigenvalue weighted by molar-refractivity contribution is 5.28. The van der Waals surface area contributed by atoms with Gasteiger partial charge in [0, 0.05) is 12.6 Å². The SMILES string of the molecule is CCOc1ccc(C2CNC(C)C(C)CO2)cc1. The second-order valence-electron chi connectivity index (χ2n) is 5.00. The first kappa shape index (κ1) is 13.4. The molecule has 1 aliphatic heterocycles. The predicted molar refractivity (Wildman–Crippen MR) is 72.9 cm³/mol. The fraction of sp³-hybridized carbons (Fsp3) is 0.600. The molecule has 1 aliphatic rings. The van der Waals surface area contributed by atoms with Crippen molar-refractivity contribution < 1.29 is 9.47 Å². The molecule has 0 amide bonds. The number of benzene rings is 1. The highest BCUT2D eigenvalue weighted by Gasteiger charge is 2.22. The molecule has 1 saturated heterocycles. The minimum atomic E-state index is 0.146. The fourth-order valence-corrected chi connectivity index (χ4v) is 2.12. The van der Waals surface area contributed by atoms with Gasteiger partial charge < -0.3 is 14.8 Å². The summed E-state index contributed by atoms with van der Waals surface area (Å²) in [7, 11) is 0. The summed E-state index contributed by atoms with van der Waals surface area (Å²) in [6, 6.07) is 8.73. The van der Waals surface area contributed by atoms with Gasteiger partial charge in [-0.1, -0.05) is 19.1 Å². The Labute approximate surface area is 109 Å². The van der Waals surface area contributed by atoms with E-state index in [1.807, 2.05) is 19.1 Å². The van der Waals surface area contributed by atoms with Crippen molar-refractivity contribution in [3.63, 3.8) is 0 Å². The quantitative estimate of drug-likeness (QED) is 0.893. The lowest BCUT2D eigenvalue weighted by Gasteiger charge is -2.16. The lowest BCUT2D eigenvalue weighted by molar-refractivity contribution is 0.0496. The molecule has 0 aromatic heterocycles. The summed E-state index contributed by atoms with van der Waals surface area (Å²) >= 11 is 0. The van der Waals surface area contributed by atoms with Gasteiger partial charge in [0.25, 0.3) is 0 Å². The molecular weight excluding hydrogens is 226 g/mol. The van der Waals surface area contributed by atoms with E-state index in [1.54, 1.807) is 0 Å². The zero-order valence-corrected chi connectivity index (χ0v) is 11.5. The van der Waals surface area contributed by atoms with E-state index in [9.17, 15) is 0 Å². The van der Waals surface area contributed by atoms with Crippen molar-refractivity contribution in [2.24, 2.45) is 5.92 Å². The number of hydrogen-bond acceptors (Lipinski definition) is 3. The highest BCUT2D eigenvalue weighted by atomic mass is 16.5. The van der Waals surface area contributed by atoms with Crippen molar-refractivity contribution in [2.75, 3.05) is 19.8 Å². The Morgan fingerprint density at radius 1 is 1.28 bits per heavy atom. The Morgan fingerprint density at radius 3 is 2.67 bits per heavy atom. The monoisotopic (exact) mass is 249 g/mol. The summed E-state index contributed by atoms with van der Waals surface area (Å²) < 4.78 is 11.4. The Morgan fingerprint density at radius 2 is 2.00 bits per heavy atom. The topological polar surface area (TPSA) is 30.5 Å². The number of ether oxygens (including phenoxy) is 2. The van der Waals surface area contributed by atoms with Gasteiger partial charge in [0.05, 0.1) is 19.3 Å². The van der Waals surface area contributed by atoms with E-state index < -0.39 is 0 Å². The van der Waals surface area contributed by atoms with Gasteiger partial charge in [-0.3, -0.25) is 0 Å². The van der Waals surface area contributed by atoms with E-state index >= 15 is 0 Å². The normalized spacial score (nSPS) is 28.7. The van der Waals surface area contributed by atoms with Crippen LogP contribution in [-0.4, -0.2) is 25.8 Å². The minimum Gasteiger partial charge on any atom is -0.494 e. The summed E-state index contributed by atoms with van der Waals surface area (Å²) in [6.45, 7) is 8.82. The molecule has 0 bridgehead atoms. The van der Waals surface area contributed by atoms with Crippen molar-refractivity contribution in [1.29, 1.82) is 0 Å². The minimum absolute atomic E-state index is 0.146. The maximum Gasteiger partial charge on any atom is 0.119 e. The first-order chi connectivity index (χ1) is 8.70. The van der Waals surface area contributed by atoms with Crippen LogP contribution in [0.1, 0.15) is 32.4 Å². The van der Waals surface area contributed by atoms with Crippen molar-refractivity contribution in [3.05, 3.63) is 29.8 Å². The average Bonchev–Trinajstić information content (AvgIpc) is 2.55. The predicted octanol–water partition coefficient (Wildman–Crippen LogP) is 2.77. The molecule has 100 valence electrons. The van der Waals surface area contributed by atoms with E-state index in [4.69, 9.17) is 9.47 Å². The van der Waals surface area contributed by atoms with Crippen molar-refractivity contribution in [3.8, 4) is 5.75 Å². The third-order valence-electron chi connectivity index (χ3n) is 3.60. The molecule has 1 aromatic carbocycles. The summed E-state index contributed by atoms with van der Waals surface area (Å²) in [5, 5.41) is 3.53.